The average Bonchev–Trinajstić information content (AvgIpc) is 2.37. The number of benzene rings is 1. The maximum Gasteiger partial charge on any atom is 0.312 e. The van der Waals surface area contributed by atoms with Gasteiger partial charge in [0.25, 0.3) is 0 Å². The third kappa shape index (κ3) is 2.45. The number of rotatable bonds is 3. The van der Waals surface area contributed by atoms with Gasteiger partial charge in [-0.15, -0.1) is 0 Å². The van der Waals surface area contributed by atoms with Gasteiger partial charge in [-0.25, -0.2) is 0 Å². The number of aromatic hydroxyl groups is 1. The molecule has 1 aromatic carbocycles. The van der Waals surface area contributed by atoms with E-state index in [0.29, 0.717) is 19.5 Å². The number of amides is 2. The molecule has 0 unspecified atom stereocenters. The molecule has 1 saturated heterocycles. The number of nitrogens with one attached hydrogen (secondary N) is 1. The van der Waals surface area contributed by atoms with Crippen molar-refractivity contribution in [1.82, 2.24) is 10.2 Å². The maximum atomic E-state index is 11.7. The summed E-state index contributed by atoms with van der Waals surface area (Å²) in [5.41, 5.74) is 1.03. The van der Waals surface area contributed by atoms with E-state index in [0.717, 1.165) is 5.56 Å². The largest absolute Gasteiger partial charge is 0.508 e. The zero-order valence-electron chi connectivity index (χ0n) is 10.2. The standard InChI is InChI=1S/C13H16N2O3/c1-2-15-10(8-14-12(17)13(15)18)7-9-3-5-11(16)6-4-9/h3-6,10,16H,2,7-8H2,1H3,(H,14,17)/t10-/m0/s1. The SMILES string of the molecule is CCN1C(=O)C(=O)NC[C@@H]1Cc1ccc(O)cc1. The Labute approximate surface area is 105 Å². The topological polar surface area (TPSA) is 69.6 Å². The number of carbonyl (C=O) groups is 2. The van der Waals surface area contributed by atoms with E-state index in [-0.39, 0.29) is 11.8 Å². The number of hydrogen-bond acceptors (Lipinski definition) is 3. The fraction of sp³-hybridized carbons (Fsp3) is 0.385. The van der Waals surface area contributed by atoms with Crippen LogP contribution in [0.1, 0.15) is 12.5 Å². The molecule has 5 nitrogen and oxygen atoms in total. The van der Waals surface area contributed by atoms with Gasteiger partial charge in [-0.2, -0.15) is 0 Å². The van der Waals surface area contributed by atoms with Gasteiger partial charge >= 0.3 is 11.8 Å². The normalized spacial score (nSPS) is 19.8. The number of phenolic OH excluding ortho intramolecular Hbond substituents is 1. The van der Waals surface area contributed by atoms with Crippen LogP contribution in [0.4, 0.5) is 0 Å². The number of hydrogen-bond donors (Lipinski definition) is 2. The first-order valence-electron chi connectivity index (χ1n) is 5.98. The van der Waals surface area contributed by atoms with Crippen molar-refractivity contribution >= 4 is 11.8 Å². The zero-order chi connectivity index (χ0) is 13.1. The van der Waals surface area contributed by atoms with Crippen molar-refractivity contribution in [2.24, 2.45) is 0 Å². The summed E-state index contributed by atoms with van der Waals surface area (Å²) in [4.78, 5) is 24.5. The van der Waals surface area contributed by atoms with Crippen molar-refractivity contribution in [1.29, 1.82) is 0 Å². The van der Waals surface area contributed by atoms with Crippen LogP contribution in [0.5, 0.6) is 5.75 Å². The molecule has 2 N–H and O–H groups in total. The molecule has 0 saturated carbocycles. The second-order valence-electron chi connectivity index (χ2n) is 4.33. The summed E-state index contributed by atoms with van der Waals surface area (Å²) < 4.78 is 0. The van der Waals surface area contributed by atoms with Crippen molar-refractivity contribution in [2.45, 2.75) is 19.4 Å². The van der Waals surface area contributed by atoms with Gasteiger partial charge in [0, 0.05) is 13.1 Å². The summed E-state index contributed by atoms with van der Waals surface area (Å²) in [6.45, 7) is 2.86. The highest BCUT2D eigenvalue weighted by molar-refractivity contribution is 6.35. The minimum Gasteiger partial charge on any atom is -0.508 e. The van der Waals surface area contributed by atoms with Gasteiger partial charge in [-0.05, 0) is 31.0 Å². The Hall–Kier alpha value is -2.04. The zero-order valence-corrected chi connectivity index (χ0v) is 10.2. The van der Waals surface area contributed by atoms with Gasteiger partial charge in [0.2, 0.25) is 0 Å². The molecule has 1 fully saturated rings. The quantitative estimate of drug-likeness (QED) is 0.755. The molecule has 0 bridgehead atoms. The van der Waals surface area contributed by atoms with Crippen LogP contribution >= 0.6 is 0 Å². The summed E-state index contributed by atoms with van der Waals surface area (Å²) in [5.74, 6) is -0.773. The van der Waals surface area contributed by atoms with Gasteiger partial charge in [-0.1, -0.05) is 12.1 Å². The smallest absolute Gasteiger partial charge is 0.312 e. The molecular formula is C13H16N2O3. The number of nitrogens with zero attached hydrogens (tertiary/aromatic N) is 1. The van der Waals surface area contributed by atoms with Crippen LogP contribution in [-0.2, 0) is 16.0 Å². The Kier molecular flexibility index (Phi) is 3.50. The highest BCUT2D eigenvalue weighted by Crippen LogP contribution is 2.15. The molecule has 2 amide bonds. The first-order chi connectivity index (χ1) is 8.61. The summed E-state index contributed by atoms with van der Waals surface area (Å²) in [6, 6.07) is 6.86. The lowest BCUT2D eigenvalue weighted by Gasteiger charge is -2.34. The number of likely N-dealkylation sites (N-methyl/N-ethyl adjacent to an activating group) is 1. The molecule has 1 aliphatic rings. The number of carbonyl (C=O) groups excluding carboxylic acids is 2. The van der Waals surface area contributed by atoms with Gasteiger partial charge in [0.05, 0.1) is 6.04 Å². The Morgan fingerprint density at radius 3 is 2.61 bits per heavy atom. The van der Waals surface area contributed by atoms with Crippen LogP contribution in [-0.4, -0.2) is 41.0 Å². The predicted octanol–water partition coefficient (Wildman–Crippen LogP) is 0.282. The molecule has 96 valence electrons. The van der Waals surface area contributed by atoms with E-state index in [1.54, 1.807) is 17.0 Å². The molecule has 0 aliphatic carbocycles. The summed E-state index contributed by atoms with van der Waals surface area (Å²) in [7, 11) is 0. The van der Waals surface area contributed by atoms with Crippen LogP contribution in [0.25, 0.3) is 0 Å². The van der Waals surface area contributed by atoms with Gasteiger partial charge in [0.15, 0.2) is 0 Å². The fourth-order valence-electron chi connectivity index (χ4n) is 2.18. The first-order valence-corrected chi connectivity index (χ1v) is 5.98. The van der Waals surface area contributed by atoms with E-state index in [9.17, 15) is 14.7 Å². The number of piperazine rings is 1. The first kappa shape index (κ1) is 12.4. The molecule has 0 spiro atoms. The predicted molar refractivity (Wildman–Crippen MR) is 66.0 cm³/mol. The lowest BCUT2D eigenvalue weighted by molar-refractivity contribution is -0.150. The second-order valence-corrected chi connectivity index (χ2v) is 4.33. The van der Waals surface area contributed by atoms with Crippen molar-refractivity contribution in [3.63, 3.8) is 0 Å². The second kappa shape index (κ2) is 5.08. The van der Waals surface area contributed by atoms with E-state index in [2.05, 4.69) is 5.32 Å². The molecule has 0 radical (unpaired) electrons. The maximum absolute atomic E-state index is 11.7. The van der Waals surface area contributed by atoms with Crippen molar-refractivity contribution in [3.05, 3.63) is 29.8 Å². The van der Waals surface area contributed by atoms with Crippen molar-refractivity contribution < 1.29 is 14.7 Å². The minimum atomic E-state index is -0.529. The average molecular weight is 248 g/mol. The highest BCUT2D eigenvalue weighted by Gasteiger charge is 2.32. The molecule has 18 heavy (non-hydrogen) atoms. The lowest BCUT2D eigenvalue weighted by Crippen LogP contribution is -2.58. The third-order valence-corrected chi connectivity index (χ3v) is 3.14. The summed E-state index contributed by atoms with van der Waals surface area (Å²) >= 11 is 0. The third-order valence-electron chi connectivity index (χ3n) is 3.14. The Morgan fingerprint density at radius 1 is 1.33 bits per heavy atom. The van der Waals surface area contributed by atoms with E-state index in [1.807, 2.05) is 19.1 Å². The van der Waals surface area contributed by atoms with Crippen LogP contribution < -0.4 is 5.32 Å². The Balaban J connectivity index is 2.10. The molecule has 1 atom stereocenters. The Morgan fingerprint density at radius 2 is 2.00 bits per heavy atom. The summed E-state index contributed by atoms with van der Waals surface area (Å²) in [5, 5.41) is 11.8. The van der Waals surface area contributed by atoms with Crippen molar-refractivity contribution in [2.75, 3.05) is 13.1 Å². The van der Waals surface area contributed by atoms with E-state index in [4.69, 9.17) is 0 Å². The van der Waals surface area contributed by atoms with Gasteiger partial charge < -0.3 is 15.3 Å². The molecule has 1 aliphatic heterocycles. The number of phenols is 1. The molecule has 0 aromatic heterocycles. The Bertz CT molecular complexity index is 456. The van der Waals surface area contributed by atoms with Crippen LogP contribution in [0.2, 0.25) is 0 Å². The molecular weight excluding hydrogens is 232 g/mol. The van der Waals surface area contributed by atoms with Crippen LogP contribution in [0.3, 0.4) is 0 Å². The minimum absolute atomic E-state index is 0.0234. The molecule has 2 rings (SSSR count). The molecule has 1 aromatic rings. The molecule has 5 heteroatoms. The lowest BCUT2D eigenvalue weighted by atomic mass is 10.0. The monoisotopic (exact) mass is 248 g/mol. The van der Waals surface area contributed by atoms with E-state index < -0.39 is 11.8 Å². The van der Waals surface area contributed by atoms with Gasteiger partial charge in [-0.3, -0.25) is 9.59 Å². The van der Waals surface area contributed by atoms with Crippen molar-refractivity contribution in [3.8, 4) is 5.75 Å². The highest BCUT2D eigenvalue weighted by atomic mass is 16.3. The van der Waals surface area contributed by atoms with Crippen LogP contribution in [0.15, 0.2) is 24.3 Å². The van der Waals surface area contributed by atoms with Gasteiger partial charge in [0.1, 0.15) is 5.75 Å². The van der Waals surface area contributed by atoms with Crippen LogP contribution in [0, 0.1) is 0 Å². The van der Waals surface area contributed by atoms with E-state index >= 15 is 0 Å². The fourth-order valence-corrected chi connectivity index (χ4v) is 2.18. The van der Waals surface area contributed by atoms with E-state index in [1.165, 1.54) is 0 Å². The molecule has 1 heterocycles. The summed E-state index contributed by atoms with van der Waals surface area (Å²) in [6.07, 6.45) is 0.667.